The smallest absolute Gasteiger partial charge is 0.253 e. The first kappa shape index (κ1) is 18.9. The van der Waals surface area contributed by atoms with Gasteiger partial charge in [-0.3, -0.25) is 4.79 Å². The van der Waals surface area contributed by atoms with Gasteiger partial charge in [0.25, 0.3) is 5.91 Å². The van der Waals surface area contributed by atoms with Gasteiger partial charge >= 0.3 is 0 Å². The third-order valence-electron chi connectivity index (χ3n) is 4.93. The Morgan fingerprint density at radius 3 is 2.71 bits per heavy atom. The molecule has 134 valence electrons. The number of hydrogen-bond acceptors (Lipinski definition) is 4. The summed E-state index contributed by atoms with van der Waals surface area (Å²) in [5, 5.41) is 30.3. The van der Waals surface area contributed by atoms with Crippen molar-refractivity contribution < 1.29 is 20.1 Å². The maximum atomic E-state index is 12.7. The van der Waals surface area contributed by atoms with Crippen LogP contribution in [0.4, 0.5) is 0 Å². The van der Waals surface area contributed by atoms with E-state index in [0.717, 1.165) is 5.56 Å². The molecule has 2 atom stereocenters. The van der Waals surface area contributed by atoms with Crippen LogP contribution in [-0.2, 0) is 6.42 Å². The molecule has 1 aromatic rings. The van der Waals surface area contributed by atoms with Crippen LogP contribution in [0.3, 0.4) is 0 Å². The highest BCUT2D eigenvalue weighted by atomic mass is 16.3. The largest absolute Gasteiger partial charge is 0.390 e. The summed E-state index contributed by atoms with van der Waals surface area (Å²) in [5.74, 6) is -0.127. The maximum absolute atomic E-state index is 12.7. The molecule has 1 saturated heterocycles. The van der Waals surface area contributed by atoms with Crippen molar-refractivity contribution in [1.29, 1.82) is 0 Å². The van der Waals surface area contributed by atoms with E-state index in [9.17, 15) is 20.1 Å². The number of β-amino-alcohol motifs (C(OH)–C–C–N with tert-alkyl or cyclic N) is 1. The number of carbonyl (C=O) groups is 1. The summed E-state index contributed by atoms with van der Waals surface area (Å²) in [6.07, 6.45) is 1.26. The molecule has 1 amide bonds. The number of aliphatic hydroxyl groups excluding tert-OH is 1. The number of amides is 1. The number of hydrogen-bond donors (Lipinski definition) is 3. The van der Waals surface area contributed by atoms with Crippen molar-refractivity contribution in [3.63, 3.8) is 0 Å². The van der Waals surface area contributed by atoms with Crippen molar-refractivity contribution >= 4 is 5.91 Å². The average Bonchev–Trinajstić information content (AvgIpc) is 2.54. The Hall–Kier alpha value is -1.43. The summed E-state index contributed by atoms with van der Waals surface area (Å²) < 4.78 is 0. The van der Waals surface area contributed by atoms with Crippen LogP contribution in [0.15, 0.2) is 24.3 Å². The Balaban J connectivity index is 2.05. The van der Waals surface area contributed by atoms with Crippen LogP contribution in [0.5, 0.6) is 0 Å². The minimum atomic E-state index is -1.09. The molecule has 0 aliphatic carbocycles. The second-order valence-corrected chi connectivity index (χ2v) is 7.49. The second kappa shape index (κ2) is 7.21. The Morgan fingerprint density at radius 2 is 2.12 bits per heavy atom. The third kappa shape index (κ3) is 4.56. The van der Waals surface area contributed by atoms with Gasteiger partial charge in [0.1, 0.15) is 6.10 Å². The lowest BCUT2D eigenvalue weighted by molar-refractivity contribution is -0.114. The molecule has 24 heavy (non-hydrogen) atoms. The molecule has 5 nitrogen and oxygen atoms in total. The van der Waals surface area contributed by atoms with E-state index < -0.39 is 17.3 Å². The zero-order chi connectivity index (χ0) is 18.0. The van der Waals surface area contributed by atoms with Gasteiger partial charge in [-0.15, -0.1) is 0 Å². The van der Waals surface area contributed by atoms with Crippen LogP contribution < -0.4 is 0 Å². The SMILES string of the molecule is CC[C@]1(O)CCN(C(=O)c2cccc(CCC(C)(C)O)c2)C[C@@H]1O. The zero-order valence-corrected chi connectivity index (χ0v) is 14.8. The number of aryl methyl sites for hydroxylation is 1. The number of aliphatic hydroxyl groups is 3. The Kier molecular flexibility index (Phi) is 5.68. The lowest BCUT2D eigenvalue weighted by Gasteiger charge is -2.41. The number of likely N-dealkylation sites (tertiary alicyclic amines) is 1. The average molecular weight is 335 g/mol. The Morgan fingerprint density at radius 1 is 1.42 bits per heavy atom. The molecule has 1 heterocycles. The monoisotopic (exact) mass is 335 g/mol. The molecule has 1 aromatic carbocycles. The standard InChI is InChI=1S/C19H29NO4/c1-4-19(24)10-11-20(13-16(19)21)17(22)15-7-5-6-14(12-15)8-9-18(2,3)23/h5-7,12,16,21,23-24H,4,8-11,13H2,1-3H3/t16-,19-/m0/s1. The molecular weight excluding hydrogens is 306 g/mol. The van der Waals surface area contributed by atoms with E-state index >= 15 is 0 Å². The minimum absolute atomic E-state index is 0.127. The van der Waals surface area contributed by atoms with Crippen LogP contribution >= 0.6 is 0 Å². The fourth-order valence-electron chi connectivity index (χ4n) is 3.05. The second-order valence-electron chi connectivity index (χ2n) is 7.49. The summed E-state index contributed by atoms with van der Waals surface area (Å²) in [7, 11) is 0. The number of rotatable bonds is 5. The molecule has 1 fully saturated rings. The van der Waals surface area contributed by atoms with Gasteiger partial charge in [0.2, 0.25) is 0 Å². The van der Waals surface area contributed by atoms with Crippen LogP contribution in [0.25, 0.3) is 0 Å². The van der Waals surface area contributed by atoms with E-state index in [-0.39, 0.29) is 12.5 Å². The molecule has 3 N–H and O–H groups in total. The highest BCUT2D eigenvalue weighted by Crippen LogP contribution is 2.27. The lowest BCUT2D eigenvalue weighted by Crippen LogP contribution is -2.56. The molecule has 0 saturated carbocycles. The molecule has 0 bridgehead atoms. The minimum Gasteiger partial charge on any atom is -0.390 e. The highest BCUT2D eigenvalue weighted by molar-refractivity contribution is 5.94. The topological polar surface area (TPSA) is 81.0 Å². The molecule has 1 aliphatic heterocycles. The molecule has 0 unspecified atom stereocenters. The van der Waals surface area contributed by atoms with Gasteiger partial charge in [0.15, 0.2) is 0 Å². The summed E-state index contributed by atoms with van der Waals surface area (Å²) in [6.45, 7) is 5.97. The summed E-state index contributed by atoms with van der Waals surface area (Å²) in [5.41, 5.74) is -0.240. The predicted molar refractivity (Wildman–Crippen MR) is 92.8 cm³/mol. The van der Waals surface area contributed by atoms with Gasteiger partial charge in [-0.2, -0.15) is 0 Å². The van der Waals surface area contributed by atoms with E-state index in [2.05, 4.69) is 0 Å². The van der Waals surface area contributed by atoms with Gasteiger partial charge in [-0.1, -0.05) is 19.1 Å². The van der Waals surface area contributed by atoms with Crippen molar-refractivity contribution in [2.75, 3.05) is 13.1 Å². The first-order chi connectivity index (χ1) is 11.1. The van der Waals surface area contributed by atoms with Crippen LogP contribution in [-0.4, -0.2) is 56.5 Å². The zero-order valence-electron chi connectivity index (χ0n) is 14.8. The Labute approximate surface area is 143 Å². The normalized spacial score (nSPS) is 24.9. The first-order valence-corrected chi connectivity index (χ1v) is 8.66. The van der Waals surface area contributed by atoms with Crippen molar-refractivity contribution in [3.8, 4) is 0 Å². The quantitative estimate of drug-likeness (QED) is 0.766. The Bertz CT molecular complexity index is 581. The molecule has 0 radical (unpaired) electrons. The van der Waals surface area contributed by atoms with Crippen molar-refractivity contribution in [2.24, 2.45) is 0 Å². The van der Waals surface area contributed by atoms with Gasteiger partial charge in [0.05, 0.1) is 11.2 Å². The summed E-state index contributed by atoms with van der Waals surface area (Å²) in [6, 6.07) is 7.41. The fraction of sp³-hybridized carbons (Fsp3) is 0.632. The van der Waals surface area contributed by atoms with Crippen LogP contribution in [0, 0.1) is 0 Å². The van der Waals surface area contributed by atoms with Crippen LogP contribution in [0.1, 0.15) is 56.0 Å². The highest BCUT2D eigenvalue weighted by Gasteiger charge is 2.40. The third-order valence-corrected chi connectivity index (χ3v) is 4.93. The molecule has 1 aliphatic rings. The van der Waals surface area contributed by atoms with Crippen molar-refractivity contribution in [2.45, 2.75) is 63.8 Å². The van der Waals surface area contributed by atoms with E-state index in [1.807, 2.05) is 25.1 Å². The number of nitrogens with zero attached hydrogens (tertiary/aromatic N) is 1. The van der Waals surface area contributed by atoms with Gasteiger partial charge in [0, 0.05) is 18.7 Å². The lowest BCUT2D eigenvalue weighted by atomic mass is 9.86. The van der Waals surface area contributed by atoms with Crippen molar-refractivity contribution in [1.82, 2.24) is 4.90 Å². The van der Waals surface area contributed by atoms with E-state index in [1.54, 1.807) is 24.8 Å². The number of carbonyl (C=O) groups excluding carboxylic acids is 1. The van der Waals surface area contributed by atoms with Gasteiger partial charge in [-0.05, 0) is 57.2 Å². The molecule has 5 heteroatoms. The first-order valence-electron chi connectivity index (χ1n) is 8.66. The summed E-state index contributed by atoms with van der Waals surface area (Å²) in [4.78, 5) is 14.3. The predicted octanol–water partition coefficient (Wildman–Crippen LogP) is 1.74. The van der Waals surface area contributed by atoms with E-state index in [1.165, 1.54) is 0 Å². The molecule has 0 aromatic heterocycles. The molecular formula is C19H29NO4. The van der Waals surface area contributed by atoms with Gasteiger partial charge < -0.3 is 20.2 Å². The molecule has 0 spiro atoms. The fourth-order valence-corrected chi connectivity index (χ4v) is 3.05. The number of piperidine rings is 1. The van der Waals surface area contributed by atoms with Crippen LogP contribution in [0.2, 0.25) is 0 Å². The summed E-state index contributed by atoms with van der Waals surface area (Å²) >= 11 is 0. The van der Waals surface area contributed by atoms with E-state index in [4.69, 9.17) is 0 Å². The number of benzene rings is 1. The maximum Gasteiger partial charge on any atom is 0.253 e. The molecule has 2 rings (SSSR count). The van der Waals surface area contributed by atoms with Crippen molar-refractivity contribution in [3.05, 3.63) is 35.4 Å². The van der Waals surface area contributed by atoms with E-state index in [0.29, 0.717) is 37.8 Å². The van der Waals surface area contributed by atoms with Gasteiger partial charge in [-0.25, -0.2) is 0 Å².